The first kappa shape index (κ1) is 15.0. The van der Waals surface area contributed by atoms with Gasteiger partial charge in [0.05, 0.1) is 5.56 Å². The van der Waals surface area contributed by atoms with Crippen LogP contribution in [0.2, 0.25) is 0 Å². The Hall–Kier alpha value is -1.37. The van der Waals surface area contributed by atoms with Gasteiger partial charge in [0.1, 0.15) is 16.5 Å². The van der Waals surface area contributed by atoms with Crippen LogP contribution in [-0.4, -0.2) is 15.5 Å². The first-order valence-electron chi connectivity index (χ1n) is 6.44. The van der Waals surface area contributed by atoms with Crippen LogP contribution < -0.4 is 11.1 Å². The molecule has 0 unspecified atom stereocenters. The molecule has 0 spiro atoms. The fourth-order valence-electron chi connectivity index (χ4n) is 2.33. The smallest absolute Gasteiger partial charge is 0.389 e. The second kappa shape index (κ2) is 5.20. The van der Waals surface area contributed by atoms with Gasteiger partial charge in [-0.25, -0.2) is 4.98 Å². The number of alkyl halides is 3. The van der Waals surface area contributed by atoms with E-state index in [-0.39, 0.29) is 16.3 Å². The van der Waals surface area contributed by atoms with Crippen molar-refractivity contribution in [3.8, 4) is 0 Å². The number of nitrogens with zero attached hydrogens (tertiary/aromatic N) is 1. The molecule has 0 saturated heterocycles. The Labute approximate surface area is 120 Å². The number of halogens is 3. The van der Waals surface area contributed by atoms with Crippen LogP contribution in [0.25, 0.3) is 0 Å². The number of nitrogens with one attached hydrogen (secondary N) is 1. The van der Waals surface area contributed by atoms with Gasteiger partial charge in [-0.05, 0) is 37.8 Å². The maximum atomic E-state index is 12.8. The number of rotatable bonds is 4. The zero-order valence-corrected chi connectivity index (χ0v) is 11.9. The minimum Gasteiger partial charge on any atom is -0.389 e. The molecule has 0 atom stereocenters. The molecule has 1 aliphatic carbocycles. The highest BCUT2D eigenvalue weighted by Gasteiger charge is 2.37. The number of hydrogen-bond donors (Lipinski definition) is 2. The van der Waals surface area contributed by atoms with E-state index in [0.717, 1.165) is 31.7 Å². The lowest BCUT2D eigenvalue weighted by Gasteiger charge is -2.42. The molecule has 0 bridgehead atoms. The molecule has 1 heterocycles. The number of nitrogens with two attached hydrogens (primary N) is 1. The molecule has 0 aromatic carbocycles. The van der Waals surface area contributed by atoms with Gasteiger partial charge in [-0.15, -0.1) is 0 Å². The van der Waals surface area contributed by atoms with Crippen LogP contribution in [0.15, 0.2) is 12.1 Å². The molecular formula is C13H16F3N3S. The van der Waals surface area contributed by atoms with Crippen LogP contribution in [0, 0.1) is 0 Å². The summed E-state index contributed by atoms with van der Waals surface area (Å²) in [5.74, 6) is 0.133. The average molecular weight is 303 g/mol. The van der Waals surface area contributed by atoms with Crippen molar-refractivity contribution in [2.75, 3.05) is 5.32 Å². The third-order valence-corrected chi connectivity index (χ3v) is 4.04. The molecule has 1 aromatic rings. The largest absolute Gasteiger partial charge is 0.433 e. The molecule has 1 fully saturated rings. The van der Waals surface area contributed by atoms with E-state index in [1.54, 1.807) is 0 Å². The van der Waals surface area contributed by atoms with Gasteiger partial charge in [0, 0.05) is 5.54 Å². The number of aromatic nitrogens is 1. The fourth-order valence-corrected chi connectivity index (χ4v) is 2.50. The van der Waals surface area contributed by atoms with Crippen LogP contribution in [0.4, 0.5) is 19.0 Å². The molecule has 0 aliphatic heterocycles. The van der Waals surface area contributed by atoms with Crippen molar-refractivity contribution in [3.05, 3.63) is 23.4 Å². The van der Waals surface area contributed by atoms with Crippen molar-refractivity contribution in [1.29, 1.82) is 0 Å². The van der Waals surface area contributed by atoms with Crippen molar-refractivity contribution in [2.24, 2.45) is 5.73 Å². The Bertz CT molecular complexity index is 519. The molecule has 1 saturated carbocycles. The summed E-state index contributed by atoms with van der Waals surface area (Å²) in [6, 6.07) is 2.18. The second-order valence-electron chi connectivity index (χ2n) is 5.07. The van der Waals surface area contributed by atoms with Gasteiger partial charge >= 0.3 is 6.18 Å². The summed E-state index contributed by atoms with van der Waals surface area (Å²) in [5, 5.41) is 3.13. The molecule has 0 amide bonds. The maximum absolute atomic E-state index is 12.8. The third-order valence-electron chi connectivity index (χ3n) is 3.82. The summed E-state index contributed by atoms with van der Waals surface area (Å²) < 4.78 is 38.3. The number of hydrogen-bond acceptors (Lipinski definition) is 3. The summed E-state index contributed by atoms with van der Waals surface area (Å²) in [7, 11) is 0. The summed E-state index contributed by atoms with van der Waals surface area (Å²) in [5.41, 5.74) is 4.79. The first-order chi connectivity index (χ1) is 9.27. The van der Waals surface area contributed by atoms with Crippen molar-refractivity contribution in [3.63, 3.8) is 0 Å². The van der Waals surface area contributed by atoms with Crippen LogP contribution in [0.5, 0.6) is 0 Å². The van der Waals surface area contributed by atoms with E-state index in [1.165, 1.54) is 6.07 Å². The van der Waals surface area contributed by atoms with Crippen molar-refractivity contribution in [2.45, 2.75) is 44.3 Å². The van der Waals surface area contributed by atoms with E-state index in [4.69, 9.17) is 18.0 Å². The normalized spacial score (nSPS) is 17.4. The van der Waals surface area contributed by atoms with Gasteiger partial charge in [-0.2, -0.15) is 13.2 Å². The molecule has 20 heavy (non-hydrogen) atoms. The molecule has 7 heteroatoms. The molecule has 1 aromatic heterocycles. The third kappa shape index (κ3) is 2.87. The monoisotopic (exact) mass is 303 g/mol. The van der Waals surface area contributed by atoms with Crippen LogP contribution >= 0.6 is 12.2 Å². The zero-order valence-electron chi connectivity index (χ0n) is 11.0. The van der Waals surface area contributed by atoms with E-state index >= 15 is 0 Å². The molecule has 3 nitrogen and oxygen atoms in total. The first-order valence-corrected chi connectivity index (χ1v) is 6.84. The zero-order chi connectivity index (χ0) is 15.0. The summed E-state index contributed by atoms with van der Waals surface area (Å²) >= 11 is 4.88. The average Bonchev–Trinajstić information content (AvgIpc) is 2.32. The molecule has 0 radical (unpaired) electrons. The SMILES string of the molecule is CCC1(Nc2nc(C(F)(F)F)ccc2C(N)=S)CCC1. The minimum atomic E-state index is -4.48. The lowest BCUT2D eigenvalue weighted by atomic mass is 9.75. The fraction of sp³-hybridized carbons (Fsp3) is 0.538. The van der Waals surface area contributed by atoms with E-state index in [2.05, 4.69) is 10.3 Å². The van der Waals surface area contributed by atoms with Gasteiger partial charge in [-0.1, -0.05) is 19.1 Å². The summed E-state index contributed by atoms with van der Waals surface area (Å²) in [4.78, 5) is 3.72. The Kier molecular flexibility index (Phi) is 3.90. The standard InChI is InChI=1S/C13H16F3N3S/c1-2-12(6-3-7-12)19-11-8(10(17)20)4-5-9(18-11)13(14,15)16/h4-5H,2-3,6-7H2,1H3,(H2,17,20)(H,18,19). The van der Waals surface area contributed by atoms with Crippen LogP contribution in [0.1, 0.15) is 43.9 Å². The lowest BCUT2D eigenvalue weighted by Crippen LogP contribution is -2.45. The molecule has 2 rings (SSSR count). The van der Waals surface area contributed by atoms with Gasteiger partial charge in [0.25, 0.3) is 0 Å². The number of pyridine rings is 1. The second-order valence-corrected chi connectivity index (χ2v) is 5.51. The predicted molar refractivity (Wildman–Crippen MR) is 75.6 cm³/mol. The Morgan fingerprint density at radius 3 is 2.50 bits per heavy atom. The Morgan fingerprint density at radius 2 is 2.10 bits per heavy atom. The topological polar surface area (TPSA) is 50.9 Å². The van der Waals surface area contributed by atoms with E-state index in [0.29, 0.717) is 5.56 Å². The molecule has 3 N–H and O–H groups in total. The highest BCUT2D eigenvalue weighted by atomic mass is 32.1. The van der Waals surface area contributed by atoms with Crippen molar-refractivity contribution >= 4 is 23.0 Å². The van der Waals surface area contributed by atoms with Gasteiger partial charge < -0.3 is 11.1 Å². The van der Waals surface area contributed by atoms with E-state index < -0.39 is 11.9 Å². The van der Waals surface area contributed by atoms with E-state index in [9.17, 15) is 13.2 Å². The van der Waals surface area contributed by atoms with Gasteiger partial charge in [0.15, 0.2) is 0 Å². The van der Waals surface area contributed by atoms with Crippen LogP contribution in [0.3, 0.4) is 0 Å². The lowest BCUT2D eigenvalue weighted by molar-refractivity contribution is -0.141. The molecule has 110 valence electrons. The number of anilines is 1. The maximum Gasteiger partial charge on any atom is 0.433 e. The summed E-state index contributed by atoms with van der Waals surface area (Å²) in [6.07, 6.45) is -0.773. The van der Waals surface area contributed by atoms with Crippen LogP contribution in [-0.2, 0) is 6.18 Å². The highest BCUT2D eigenvalue weighted by molar-refractivity contribution is 7.80. The molecular weight excluding hydrogens is 287 g/mol. The quantitative estimate of drug-likeness (QED) is 0.836. The van der Waals surface area contributed by atoms with Crippen molar-refractivity contribution in [1.82, 2.24) is 4.98 Å². The predicted octanol–water partition coefficient (Wildman–Crippen LogP) is 3.48. The van der Waals surface area contributed by atoms with Crippen molar-refractivity contribution < 1.29 is 13.2 Å². The van der Waals surface area contributed by atoms with Gasteiger partial charge in [-0.3, -0.25) is 0 Å². The highest BCUT2D eigenvalue weighted by Crippen LogP contribution is 2.39. The molecule has 1 aliphatic rings. The number of thiocarbonyl (C=S) groups is 1. The Balaban J connectivity index is 2.39. The Morgan fingerprint density at radius 1 is 1.45 bits per heavy atom. The van der Waals surface area contributed by atoms with Gasteiger partial charge in [0.2, 0.25) is 0 Å². The van der Waals surface area contributed by atoms with E-state index in [1.807, 2.05) is 6.92 Å². The minimum absolute atomic E-state index is 0.0410. The summed E-state index contributed by atoms with van der Waals surface area (Å²) in [6.45, 7) is 2.00.